The number of methoxy groups -OCH3 is 1. The molecule has 3 rings (SSSR count). The third-order valence-corrected chi connectivity index (χ3v) is 4.26. The number of aliphatic hydroxyl groups excluding tert-OH is 1. The van der Waals surface area contributed by atoms with Gasteiger partial charge in [0.1, 0.15) is 12.3 Å². The molecule has 29 heavy (non-hydrogen) atoms. The number of pyridine rings is 1. The van der Waals surface area contributed by atoms with Crippen LogP contribution in [0.3, 0.4) is 0 Å². The Morgan fingerprint density at radius 2 is 2.17 bits per heavy atom. The van der Waals surface area contributed by atoms with Gasteiger partial charge in [-0.2, -0.15) is 0 Å². The van der Waals surface area contributed by atoms with Crippen molar-refractivity contribution in [2.45, 2.75) is 6.61 Å². The van der Waals surface area contributed by atoms with Crippen LogP contribution in [0.1, 0.15) is 5.69 Å². The number of anilines is 1. The normalized spacial score (nSPS) is 13.6. The van der Waals surface area contributed by atoms with Crippen LogP contribution in [0.4, 0.5) is 10.1 Å². The van der Waals surface area contributed by atoms with Gasteiger partial charge in [0.05, 0.1) is 31.5 Å². The quantitative estimate of drug-likeness (QED) is 0.646. The van der Waals surface area contributed by atoms with E-state index < -0.39 is 17.7 Å². The van der Waals surface area contributed by atoms with Crippen molar-refractivity contribution in [2.24, 2.45) is 0 Å². The van der Waals surface area contributed by atoms with Gasteiger partial charge in [0.25, 0.3) is 5.91 Å². The summed E-state index contributed by atoms with van der Waals surface area (Å²) < 4.78 is 24.6. The number of aliphatic hydroxyl groups is 1. The number of hydrogen-bond donors (Lipinski definition) is 2. The molecule has 0 spiro atoms. The monoisotopic (exact) mass is 401 g/mol. The summed E-state index contributed by atoms with van der Waals surface area (Å²) >= 11 is 0. The number of β-amino-alcohol motifs (C(OH)–C–C–N with tert-alkyl or cyclic N) is 1. The van der Waals surface area contributed by atoms with Crippen molar-refractivity contribution in [1.29, 1.82) is 0 Å². The predicted molar refractivity (Wildman–Crippen MR) is 101 cm³/mol. The van der Waals surface area contributed by atoms with E-state index in [9.17, 15) is 14.0 Å². The van der Waals surface area contributed by atoms with E-state index in [1.165, 1.54) is 24.1 Å². The van der Waals surface area contributed by atoms with Gasteiger partial charge in [-0.25, -0.2) is 9.18 Å². The van der Waals surface area contributed by atoms with Gasteiger partial charge in [-0.15, -0.1) is 0 Å². The van der Waals surface area contributed by atoms with E-state index in [0.717, 1.165) is 6.07 Å². The van der Waals surface area contributed by atoms with Crippen LogP contribution in [0.15, 0.2) is 53.9 Å². The lowest BCUT2D eigenvalue weighted by molar-refractivity contribution is -0.136. The highest BCUT2D eigenvalue weighted by molar-refractivity contribution is 6.08. The second kappa shape index (κ2) is 9.16. The number of carbonyl (C=O) groups excluding carboxylic acids is 2. The molecule has 9 heteroatoms. The van der Waals surface area contributed by atoms with Crippen molar-refractivity contribution in [3.8, 4) is 5.75 Å². The number of nitrogens with zero attached hydrogens (tertiary/aromatic N) is 2. The number of amides is 1. The molecule has 0 unspecified atom stereocenters. The Morgan fingerprint density at radius 1 is 1.34 bits per heavy atom. The Hall–Kier alpha value is -3.46. The summed E-state index contributed by atoms with van der Waals surface area (Å²) in [5.74, 6) is -1.75. The molecule has 2 aromatic rings. The fourth-order valence-electron chi connectivity index (χ4n) is 2.82. The number of ether oxygens (including phenoxy) is 2. The first-order valence-corrected chi connectivity index (χ1v) is 8.84. The molecular weight excluding hydrogens is 381 g/mol. The second-order valence-corrected chi connectivity index (χ2v) is 6.18. The molecule has 2 N–H and O–H groups in total. The zero-order valence-corrected chi connectivity index (χ0v) is 15.7. The van der Waals surface area contributed by atoms with E-state index in [2.05, 4.69) is 10.3 Å². The van der Waals surface area contributed by atoms with Crippen molar-refractivity contribution in [1.82, 2.24) is 9.88 Å². The Labute approximate surface area is 166 Å². The van der Waals surface area contributed by atoms with Crippen LogP contribution in [0.2, 0.25) is 0 Å². The fourth-order valence-corrected chi connectivity index (χ4v) is 2.82. The van der Waals surface area contributed by atoms with Crippen LogP contribution < -0.4 is 10.1 Å². The summed E-state index contributed by atoms with van der Waals surface area (Å²) in [6.07, 6.45) is 1.62. The van der Waals surface area contributed by atoms with E-state index in [1.807, 2.05) is 0 Å². The summed E-state index contributed by atoms with van der Waals surface area (Å²) in [5.41, 5.74) is 1.03. The molecule has 1 amide bonds. The van der Waals surface area contributed by atoms with Crippen LogP contribution >= 0.6 is 0 Å². The van der Waals surface area contributed by atoms with E-state index in [4.69, 9.17) is 14.6 Å². The summed E-state index contributed by atoms with van der Waals surface area (Å²) in [4.78, 5) is 29.9. The Balaban J connectivity index is 1.75. The average Bonchev–Trinajstić information content (AvgIpc) is 3.03. The number of aromatic nitrogens is 1. The number of esters is 1. The molecule has 0 saturated heterocycles. The molecule has 0 radical (unpaired) electrons. The van der Waals surface area contributed by atoms with Gasteiger partial charge in [0.2, 0.25) is 0 Å². The first-order valence-electron chi connectivity index (χ1n) is 8.84. The molecule has 1 aromatic carbocycles. The van der Waals surface area contributed by atoms with Crippen LogP contribution in [0.25, 0.3) is 0 Å². The Morgan fingerprint density at radius 3 is 2.83 bits per heavy atom. The zero-order chi connectivity index (χ0) is 20.8. The Kier molecular flexibility index (Phi) is 6.40. The summed E-state index contributed by atoms with van der Waals surface area (Å²) in [6.45, 7) is -0.0670. The third-order valence-electron chi connectivity index (χ3n) is 4.26. The minimum absolute atomic E-state index is 0.00214. The van der Waals surface area contributed by atoms with E-state index >= 15 is 0 Å². The SMILES string of the molecule is COC(=O)C1=C(Nc2ccc(OCc3ccccn3)c(F)c2)C(=O)N(CCO)C1. The lowest BCUT2D eigenvalue weighted by Gasteiger charge is -2.15. The lowest BCUT2D eigenvalue weighted by atomic mass is 10.2. The molecule has 1 aliphatic rings. The molecule has 152 valence electrons. The first-order chi connectivity index (χ1) is 14.0. The minimum Gasteiger partial charge on any atom is -0.484 e. The van der Waals surface area contributed by atoms with Gasteiger partial charge < -0.3 is 24.8 Å². The standard InChI is InChI=1S/C20H20FN3O5/c1-28-20(27)15-11-24(8-9-25)19(26)18(15)23-13-5-6-17(16(21)10-13)29-12-14-4-2-3-7-22-14/h2-7,10,23,25H,8-9,11-12H2,1H3. The van der Waals surface area contributed by atoms with Crippen molar-refractivity contribution >= 4 is 17.6 Å². The molecule has 1 aromatic heterocycles. The van der Waals surface area contributed by atoms with Crippen LogP contribution in [-0.4, -0.2) is 53.7 Å². The summed E-state index contributed by atoms with van der Waals surface area (Å²) in [6, 6.07) is 9.45. The number of halogens is 1. The second-order valence-electron chi connectivity index (χ2n) is 6.18. The van der Waals surface area contributed by atoms with Gasteiger partial charge >= 0.3 is 5.97 Å². The van der Waals surface area contributed by atoms with Crippen molar-refractivity contribution in [3.05, 3.63) is 65.4 Å². The van der Waals surface area contributed by atoms with E-state index in [0.29, 0.717) is 5.69 Å². The zero-order valence-electron chi connectivity index (χ0n) is 15.7. The van der Waals surface area contributed by atoms with Gasteiger partial charge in [0, 0.05) is 24.5 Å². The highest BCUT2D eigenvalue weighted by Gasteiger charge is 2.34. The molecule has 2 heterocycles. The van der Waals surface area contributed by atoms with Crippen LogP contribution in [0, 0.1) is 5.82 Å². The maximum Gasteiger partial charge on any atom is 0.337 e. The van der Waals surface area contributed by atoms with Crippen LogP contribution in [0.5, 0.6) is 5.75 Å². The fraction of sp³-hybridized carbons (Fsp3) is 0.250. The molecule has 0 fully saturated rings. The summed E-state index contributed by atoms with van der Waals surface area (Å²) in [5, 5.41) is 11.9. The number of rotatable bonds is 8. The van der Waals surface area contributed by atoms with Gasteiger partial charge in [-0.1, -0.05) is 6.07 Å². The highest BCUT2D eigenvalue weighted by Crippen LogP contribution is 2.26. The maximum absolute atomic E-state index is 14.4. The molecule has 8 nitrogen and oxygen atoms in total. The predicted octanol–water partition coefficient (Wildman–Crippen LogP) is 1.47. The number of carbonyl (C=O) groups is 2. The number of hydrogen-bond acceptors (Lipinski definition) is 7. The summed E-state index contributed by atoms with van der Waals surface area (Å²) in [7, 11) is 1.21. The number of benzene rings is 1. The molecule has 0 aliphatic carbocycles. The van der Waals surface area contributed by atoms with Crippen molar-refractivity contribution in [3.63, 3.8) is 0 Å². The minimum atomic E-state index is -0.669. The molecule has 1 aliphatic heterocycles. The van der Waals surface area contributed by atoms with E-state index in [-0.39, 0.29) is 49.0 Å². The lowest BCUT2D eigenvalue weighted by Crippen LogP contribution is -2.31. The van der Waals surface area contributed by atoms with Gasteiger partial charge in [-0.3, -0.25) is 9.78 Å². The van der Waals surface area contributed by atoms with Crippen LogP contribution in [-0.2, 0) is 20.9 Å². The average molecular weight is 401 g/mol. The largest absolute Gasteiger partial charge is 0.484 e. The molecular formula is C20H20FN3O5. The topological polar surface area (TPSA) is 101 Å². The van der Waals surface area contributed by atoms with Gasteiger partial charge in [0.15, 0.2) is 11.6 Å². The maximum atomic E-state index is 14.4. The van der Waals surface area contributed by atoms with E-state index in [1.54, 1.807) is 24.4 Å². The van der Waals surface area contributed by atoms with Crippen molar-refractivity contribution in [2.75, 3.05) is 32.1 Å². The third kappa shape index (κ3) is 4.69. The van der Waals surface area contributed by atoms with Crippen molar-refractivity contribution < 1.29 is 28.6 Å². The molecule has 0 bridgehead atoms. The Bertz CT molecular complexity index is 933. The molecule has 0 saturated carbocycles. The first kappa shape index (κ1) is 20.3. The molecule has 0 atom stereocenters. The number of nitrogens with one attached hydrogen (secondary N) is 1. The highest BCUT2D eigenvalue weighted by atomic mass is 19.1. The van der Waals surface area contributed by atoms with Gasteiger partial charge in [-0.05, 0) is 24.3 Å². The smallest absolute Gasteiger partial charge is 0.337 e.